The van der Waals surface area contributed by atoms with Crippen LogP contribution in [0, 0.1) is 3.57 Å². The number of carbonyl (C=O) groups is 1. The quantitative estimate of drug-likeness (QED) is 0.162. The van der Waals surface area contributed by atoms with Crippen molar-refractivity contribution in [3.05, 3.63) is 84.7 Å². The van der Waals surface area contributed by atoms with Crippen molar-refractivity contribution in [3.63, 3.8) is 0 Å². The Morgan fingerprint density at radius 2 is 1.73 bits per heavy atom. The van der Waals surface area contributed by atoms with E-state index in [4.69, 9.17) is 14.5 Å². The normalized spacial score (nSPS) is 17.5. The highest BCUT2D eigenvalue weighted by atomic mass is 127. The molecule has 3 aromatic carbocycles. The van der Waals surface area contributed by atoms with Gasteiger partial charge in [0.05, 0.1) is 20.8 Å². The van der Waals surface area contributed by atoms with Crippen molar-refractivity contribution in [3.8, 4) is 11.5 Å². The average Bonchev–Trinajstić information content (AvgIpc) is 3.27. The second-order valence-electron chi connectivity index (χ2n) is 9.80. The molecule has 1 amide bonds. The topological polar surface area (TPSA) is 54.4 Å². The minimum atomic E-state index is -0.0373. The van der Waals surface area contributed by atoms with Gasteiger partial charge in [-0.3, -0.25) is 9.69 Å². The molecule has 0 N–H and O–H groups in total. The minimum absolute atomic E-state index is 0.0373. The third-order valence-corrected chi connectivity index (χ3v) is 9.26. The van der Waals surface area contributed by atoms with Gasteiger partial charge in [0.1, 0.15) is 6.61 Å². The number of piperidine rings is 1. The van der Waals surface area contributed by atoms with Crippen LogP contribution in [0.5, 0.6) is 11.5 Å². The van der Waals surface area contributed by atoms with Crippen LogP contribution in [-0.4, -0.2) is 42.2 Å². The maximum Gasteiger partial charge on any atom is 0.266 e. The summed E-state index contributed by atoms with van der Waals surface area (Å²) in [6.07, 6.45) is 5.72. The first-order valence-electron chi connectivity index (χ1n) is 13.9. The molecule has 41 heavy (non-hydrogen) atoms. The van der Waals surface area contributed by atoms with Gasteiger partial charge in [0.25, 0.3) is 5.91 Å². The van der Waals surface area contributed by atoms with Crippen LogP contribution in [0.25, 0.3) is 6.08 Å². The Bertz CT molecular complexity index is 1440. The highest BCUT2D eigenvalue weighted by molar-refractivity contribution is 14.1. The maximum atomic E-state index is 13.3. The van der Waals surface area contributed by atoms with Gasteiger partial charge in [-0.25, -0.2) is 4.99 Å². The van der Waals surface area contributed by atoms with E-state index in [1.165, 1.54) is 36.7 Å². The molecule has 2 aliphatic heterocycles. The standard InChI is InChI=1S/C32H33BrIN3O3S/c1-3-37-31(38)29(41-32(37)35-25-12-14-26(15-13-25)36-16-6-5-7-17-36)20-23-18-27(34)30(28(19-23)39-4-2)40-21-22-8-10-24(33)11-9-22/h8-15,18-20H,3-7,16-17,21H2,1-2H3/b29-20-,35-32?. The Balaban J connectivity index is 1.35. The van der Waals surface area contributed by atoms with E-state index >= 15 is 0 Å². The molecule has 0 atom stereocenters. The first-order valence-corrected chi connectivity index (χ1v) is 16.6. The van der Waals surface area contributed by atoms with Crippen molar-refractivity contribution < 1.29 is 14.3 Å². The number of ether oxygens (including phenoxy) is 2. The number of nitrogens with zero attached hydrogens (tertiary/aromatic N) is 3. The van der Waals surface area contributed by atoms with Gasteiger partial charge in [0.2, 0.25) is 0 Å². The van der Waals surface area contributed by atoms with E-state index in [0.717, 1.165) is 37.9 Å². The van der Waals surface area contributed by atoms with Gasteiger partial charge in [-0.1, -0.05) is 28.1 Å². The Morgan fingerprint density at radius 3 is 2.41 bits per heavy atom. The van der Waals surface area contributed by atoms with E-state index in [1.807, 2.05) is 68.5 Å². The predicted molar refractivity (Wildman–Crippen MR) is 181 cm³/mol. The molecule has 2 fully saturated rings. The molecule has 0 unspecified atom stereocenters. The van der Waals surface area contributed by atoms with Crippen molar-refractivity contribution in [1.29, 1.82) is 0 Å². The zero-order chi connectivity index (χ0) is 28.8. The zero-order valence-corrected chi connectivity index (χ0v) is 27.8. The molecule has 0 saturated carbocycles. The van der Waals surface area contributed by atoms with Crippen molar-refractivity contribution in [2.45, 2.75) is 39.7 Å². The minimum Gasteiger partial charge on any atom is -0.490 e. The summed E-state index contributed by atoms with van der Waals surface area (Å²) in [6.45, 7) is 7.64. The van der Waals surface area contributed by atoms with E-state index in [0.29, 0.717) is 41.3 Å². The van der Waals surface area contributed by atoms with Crippen LogP contribution < -0.4 is 14.4 Å². The number of thioether (sulfide) groups is 1. The fourth-order valence-electron chi connectivity index (χ4n) is 4.83. The van der Waals surface area contributed by atoms with Gasteiger partial charge >= 0.3 is 0 Å². The number of hydrogen-bond acceptors (Lipinski definition) is 6. The lowest BCUT2D eigenvalue weighted by Crippen LogP contribution is -2.29. The Hall–Kier alpha value is -2.50. The van der Waals surface area contributed by atoms with Gasteiger partial charge in [0, 0.05) is 29.8 Å². The fraction of sp³-hybridized carbons (Fsp3) is 0.312. The zero-order valence-electron chi connectivity index (χ0n) is 23.2. The Morgan fingerprint density at radius 1 is 1.00 bits per heavy atom. The predicted octanol–water partition coefficient (Wildman–Crippen LogP) is 8.65. The van der Waals surface area contributed by atoms with E-state index in [1.54, 1.807) is 4.90 Å². The lowest BCUT2D eigenvalue weighted by atomic mass is 10.1. The number of rotatable bonds is 9. The van der Waals surface area contributed by atoms with Gasteiger partial charge in [-0.05, 0) is 133 Å². The lowest BCUT2D eigenvalue weighted by Gasteiger charge is -2.28. The van der Waals surface area contributed by atoms with Gasteiger partial charge in [0.15, 0.2) is 16.7 Å². The van der Waals surface area contributed by atoms with Crippen LogP contribution >= 0.6 is 50.3 Å². The fourth-order valence-corrected chi connectivity index (χ4v) is 6.94. The van der Waals surface area contributed by atoms with E-state index in [9.17, 15) is 4.79 Å². The number of carbonyl (C=O) groups excluding carboxylic acids is 1. The number of amides is 1. The third-order valence-electron chi connectivity index (χ3n) is 6.93. The van der Waals surface area contributed by atoms with Gasteiger partial charge < -0.3 is 14.4 Å². The summed E-state index contributed by atoms with van der Waals surface area (Å²) in [5, 5.41) is 0.698. The summed E-state index contributed by atoms with van der Waals surface area (Å²) in [5.74, 6) is 1.33. The first kappa shape index (κ1) is 30.0. The summed E-state index contributed by atoms with van der Waals surface area (Å²) >= 11 is 7.15. The molecule has 0 spiro atoms. The van der Waals surface area contributed by atoms with Crippen LogP contribution in [0.4, 0.5) is 11.4 Å². The number of halogens is 2. The van der Waals surface area contributed by atoms with Crippen LogP contribution in [0.1, 0.15) is 44.2 Å². The van der Waals surface area contributed by atoms with Crippen LogP contribution in [-0.2, 0) is 11.4 Å². The molecule has 0 aliphatic carbocycles. The molecule has 2 heterocycles. The molecule has 5 rings (SSSR count). The SMILES string of the molecule is CCOc1cc(/C=C2\SC(=Nc3ccc(N4CCCCC4)cc3)N(CC)C2=O)cc(I)c1OCc1ccc(Br)cc1. The van der Waals surface area contributed by atoms with Crippen LogP contribution in [0.2, 0.25) is 0 Å². The van der Waals surface area contributed by atoms with Crippen LogP contribution in [0.15, 0.2) is 75.0 Å². The summed E-state index contributed by atoms with van der Waals surface area (Å²) in [4.78, 5) is 23.0. The first-order chi connectivity index (χ1) is 19.9. The molecular formula is C32H33BrIN3O3S. The third kappa shape index (κ3) is 7.48. The smallest absolute Gasteiger partial charge is 0.266 e. The highest BCUT2D eigenvalue weighted by Crippen LogP contribution is 2.38. The van der Waals surface area contributed by atoms with Crippen molar-refractivity contribution >= 4 is 78.8 Å². The Labute approximate surface area is 268 Å². The Kier molecular flexibility index (Phi) is 10.3. The summed E-state index contributed by atoms with van der Waals surface area (Å²) in [7, 11) is 0. The van der Waals surface area contributed by atoms with E-state index in [2.05, 4.69) is 55.6 Å². The van der Waals surface area contributed by atoms with Crippen molar-refractivity contribution in [2.24, 2.45) is 4.99 Å². The molecule has 0 radical (unpaired) electrons. The van der Waals surface area contributed by atoms with Gasteiger partial charge in [-0.2, -0.15) is 0 Å². The average molecular weight is 747 g/mol. The molecule has 3 aromatic rings. The van der Waals surface area contributed by atoms with Crippen molar-refractivity contribution in [2.75, 3.05) is 31.1 Å². The number of likely N-dealkylation sites (N-methyl/N-ethyl adjacent to an activating group) is 1. The monoisotopic (exact) mass is 745 g/mol. The molecule has 2 aliphatic rings. The number of aliphatic imine (C=N–C) groups is 1. The largest absolute Gasteiger partial charge is 0.490 e. The number of benzene rings is 3. The number of anilines is 1. The van der Waals surface area contributed by atoms with E-state index in [-0.39, 0.29) is 5.91 Å². The molecule has 6 nitrogen and oxygen atoms in total. The molecular weight excluding hydrogens is 713 g/mol. The highest BCUT2D eigenvalue weighted by Gasteiger charge is 2.32. The second-order valence-corrected chi connectivity index (χ2v) is 12.9. The molecule has 0 aromatic heterocycles. The molecule has 0 bridgehead atoms. The molecule has 2 saturated heterocycles. The van der Waals surface area contributed by atoms with E-state index < -0.39 is 0 Å². The maximum absolute atomic E-state index is 13.3. The van der Waals surface area contributed by atoms with Gasteiger partial charge in [-0.15, -0.1) is 0 Å². The summed E-state index contributed by atoms with van der Waals surface area (Å²) in [6, 6.07) is 20.4. The lowest BCUT2D eigenvalue weighted by molar-refractivity contribution is -0.122. The number of hydrogen-bond donors (Lipinski definition) is 0. The van der Waals surface area contributed by atoms with Crippen molar-refractivity contribution in [1.82, 2.24) is 4.90 Å². The molecule has 214 valence electrons. The van der Waals surface area contributed by atoms with Crippen LogP contribution in [0.3, 0.4) is 0 Å². The molecule has 9 heteroatoms. The second kappa shape index (κ2) is 14.1. The number of amidine groups is 1. The summed E-state index contributed by atoms with van der Waals surface area (Å²) in [5.41, 5.74) is 4.04. The summed E-state index contributed by atoms with van der Waals surface area (Å²) < 4.78 is 14.1.